The Morgan fingerprint density at radius 3 is 2.43 bits per heavy atom. The van der Waals surface area contributed by atoms with Crippen molar-refractivity contribution in [3.8, 4) is 0 Å². The number of aryl methyl sites for hydroxylation is 2. The molecular weight excluding hydrogens is 258 g/mol. The van der Waals surface area contributed by atoms with Crippen LogP contribution >= 0.6 is 0 Å². The number of nitrogens with zero attached hydrogens (tertiary/aromatic N) is 2. The first kappa shape index (κ1) is 15.5. The van der Waals surface area contributed by atoms with E-state index in [1.807, 2.05) is 6.07 Å². The van der Waals surface area contributed by atoms with Crippen LogP contribution in [0.5, 0.6) is 0 Å². The zero-order valence-electron chi connectivity index (χ0n) is 13.6. The van der Waals surface area contributed by atoms with Crippen LogP contribution in [-0.4, -0.2) is 18.1 Å². The van der Waals surface area contributed by atoms with Crippen molar-refractivity contribution in [3.63, 3.8) is 0 Å². The molecule has 1 aromatic heterocycles. The largest absolute Gasteiger partial charge is 0.329 e. The fourth-order valence-electron chi connectivity index (χ4n) is 2.42. The van der Waals surface area contributed by atoms with Crippen LogP contribution in [0.4, 0.5) is 11.5 Å². The lowest BCUT2D eigenvalue weighted by molar-refractivity contribution is 0.586. The maximum absolute atomic E-state index is 4.77. The summed E-state index contributed by atoms with van der Waals surface area (Å²) in [5.74, 6) is 1.03. The van der Waals surface area contributed by atoms with E-state index in [0.29, 0.717) is 6.04 Å². The summed E-state index contributed by atoms with van der Waals surface area (Å²) in [4.78, 5) is 6.94. The third kappa shape index (κ3) is 3.82. The number of nitrogens with one attached hydrogen (secondary N) is 1. The predicted molar refractivity (Wildman–Crippen MR) is 90.2 cm³/mol. The molecule has 0 amide bonds. The number of hydrogen-bond donors (Lipinski definition) is 1. The van der Waals surface area contributed by atoms with Gasteiger partial charge in [-0.1, -0.05) is 32.0 Å². The van der Waals surface area contributed by atoms with Crippen LogP contribution < -0.4 is 10.2 Å². The van der Waals surface area contributed by atoms with E-state index in [0.717, 1.165) is 23.7 Å². The zero-order valence-corrected chi connectivity index (χ0v) is 13.6. The van der Waals surface area contributed by atoms with Gasteiger partial charge in [0.05, 0.1) is 0 Å². The molecule has 0 radical (unpaired) electrons. The fourth-order valence-corrected chi connectivity index (χ4v) is 2.42. The summed E-state index contributed by atoms with van der Waals surface area (Å²) >= 11 is 0. The molecule has 21 heavy (non-hydrogen) atoms. The van der Waals surface area contributed by atoms with Crippen LogP contribution in [0.2, 0.25) is 0 Å². The molecular formula is C18H25N3. The Hall–Kier alpha value is -1.87. The van der Waals surface area contributed by atoms with Gasteiger partial charge in [0.15, 0.2) is 0 Å². The molecule has 0 saturated carbocycles. The minimum absolute atomic E-state index is 0.459. The Morgan fingerprint density at radius 2 is 1.81 bits per heavy atom. The van der Waals surface area contributed by atoms with Crippen molar-refractivity contribution in [3.05, 3.63) is 53.2 Å². The van der Waals surface area contributed by atoms with Gasteiger partial charge in [-0.05, 0) is 37.6 Å². The highest BCUT2D eigenvalue weighted by Gasteiger charge is 2.14. The van der Waals surface area contributed by atoms with Gasteiger partial charge in [-0.25, -0.2) is 4.98 Å². The average Bonchev–Trinajstić information content (AvgIpc) is 2.45. The summed E-state index contributed by atoms with van der Waals surface area (Å²) in [6, 6.07) is 13.0. The molecule has 0 bridgehead atoms. The fraction of sp³-hybridized carbons (Fsp3) is 0.389. The normalized spacial score (nSPS) is 11.0. The molecule has 0 aliphatic carbocycles. The number of pyridine rings is 1. The highest BCUT2D eigenvalue weighted by atomic mass is 15.2. The van der Waals surface area contributed by atoms with Gasteiger partial charge in [-0.2, -0.15) is 0 Å². The molecule has 3 nitrogen and oxygen atoms in total. The Balaban J connectivity index is 2.41. The van der Waals surface area contributed by atoms with E-state index < -0.39 is 0 Å². The van der Waals surface area contributed by atoms with Crippen LogP contribution in [-0.2, 0) is 6.54 Å². The summed E-state index contributed by atoms with van der Waals surface area (Å²) < 4.78 is 0. The summed E-state index contributed by atoms with van der Waals surface area (Å²) in [7, 11) is 2.08. The third-order valence-electron chi connectivity index (χ3n) is 3.60. The molecule has 0 fully saturated rings. The molecule has 2 aromatic rings. The first-order chi connectivity index (χ1) is 9.99. The number of anilines is 2. The van der Waals surface area contributed by atoms with Crippen LogP contribution in [0.1, 0.15) is 30.7 Å². The minimum atomic E-state index is 0.459. The van der Waals surface area contributed by atoms with Crippen molar-refractivity contribution < 1.29 is 0 Å². The molecule has 0 saturated heterocycles. The van der Waals surface area contributed by atoms with E-state index in [9.17, 15) is 0 Å². The second-order valence-corrected chi connectivity index (χ2v) is 5.81. The quantitative estimate of drug-likeness (QED) is 0.900. The van der Waals surface area contributed by atoms with Gasteiger partial charge in [0.2, 0.25) is 0 Å². The van der Waals surface area contributed by atoms with Crippen molar-refractivity contribution in [2.24, 2.45) is 0 Å². The van der Waals surface area contributed by atoms with Gasteiger partial charge in [-0.15, -0.1) is 0 Å². The third-order valence-corrected chi connectivity index (χ3v) is 3.60. The maximum atomic E-state index is 4.77. The van der Waals surface area contributed by atoms with E-state index in [1.165, 1.54) is 11.1 Å². The van der Waals surface area contributed by atoms with Gasteiger partial charge < -0.3 is 10.2 Å². The van der Waals surface area contributed by atoms with Crippen molar-refractivity contribution in [2.75, 3.05) is 11.9 Å². The Morgan fingerprint density at radius 1 is 1.14 bits per heavy atom. The molecule has 3 heteroatoms. The molecule has 0 aliphatic rings. The molecule has 0 spiro atoms. The SMILES string of the molecule is Cc1cc(C)c(CNC(C)C)c(N(C)c2ccccc2)n1. The highest BCUT2D eigenvalue weighted by Crippen LogP contribution is 2.27. The van der Waals surface area contributed by atoms with Gasteiger partial charge in [0, 0.05) is 36.6 Å². The number of hydrogen-bond acceptors (Lipinski definition) is 3. The van der Waals surface area contributed by atoms with Gasteiger partial charge in [-0.3, -0.25) is 0 Å². The van der Waals surface area contributed by atoms with Crippen LogP contribution in [0, 0.1) is 13.8 Å². The van der Waals surface area contributed by atoms with Crippen molar-refractivity contribution in [1.82, 2.24) is 10.3 Å². The summed E-state index contributed by atoms with van der Waals surface area (Å²) in [6.07, 6.45) is 0. The Bertz CT molecular complexity index is 591. The second-order valence-electron chi connectivity index (χ2n) is 5.81. The van der Waals surface area contributed by atoms with Gasteiger partial charge in [0.1, 0.15) is 5.82 Å². The van der Waals surface area contributed by atoms with Crippen molar-refractivity contribution in [1.29, 1.82) is 0 Å². The number of rotatable bonds is 5. The molecule has 112 valence electrons. The summed E-state index contributed by atoms with van der Waals surface area (Å²) in [5, 5.41) is 3.50. The standard InChI is InChI=1S/C18H25N3/c1-13(2)19-12-17-14(3)11-15(4)20-18(17)21(5)16-9-7-6-8-10-16/h6-11,13,19H,12H2,1-5H3. The second kappa shape index (κ2) is 6.72. The lowest BCUT2D eigenvalue weighted by atomic mass is 10.1. The van der Waals surface area contributed by atoms with E-state index in [1.54, 1.807) is 0 Å². The highest BCUT2D eigenvalue weighted by molar-refractivity contribution is 5.63. The van der Waals surface area contributed by atoms with E-state index in [4.69, 9.17) is 4.98 Å². The Kier molecular flexibility index (Phi) is 4.97. The molecule has 1 aromatic carbocycles. The van der Waals surface area contributed by atoms with Crippen LogP contribution in [0.25, 0.3) is 0 Å². The number of benzene rings is 1. The van der Waals surface area contributed by atoms with Crippen molar-refractivity contribution in [2.45, 2.75) is 40.3 Å². The zero-order chi connectivity index (χ0) is 15.4. The van der Waals surface area contributed by atoms with Crippen LogP contribution in [0.15, 0.2) is 36.4 Å². The molecule has 1 heterocycles. The monoisotopic (exact) mass is 283 g/mol. The topological polar surface area (TPSA) is 28.2 Å². The summed E-state index contributed by atoms with van der Waals surface area (Å²) in [5.41, 5.74) is 4.76. The van der Waals surface area contributed by atoms with Crippen LogP contribution in [0.3, 0.4) is 0 Å². The molecule has 0 unspecified atom stereocenters. The average molecular weight is 283 g/mol. The molecule has 2 rings (SSSR count). The molecule has 0 atom stereocenters. The Labute approximate surface area is 128 Å². The number of aromatic nitrogens is 1. The number of para-hydroxylation sites is 1. The predicted octanol–water partition coefficient (Wildman–Crippen LogP) is 3.96. The summed E-state index contributed by atoms with van der Waals surface area (Å²) in [6.45, 7) is 9.38. The lowest BCUT2D eigenvalue weighted by Crippen LogP contribution is -2.25. The van der Waals surface area contributed by atoms with E-state index >= 15 is 0 Å². The van der Waals surface area contributed by atoms with Gasteiger partial charge >= 0.3 is 0 Å². The van der Waals surface area contributed by atoms with Gasteiger partial charge in [0.25, 0.3) is 0 Å². The minimum Gasteiger partial charge on any atom is -0.329 e. The van der Waals surface area contributed by atoms with Crippen molar-refractivity contribution >= 4 is 11.5 Å². The molecule has 0 aliphatic heterocycles. The van der Waals surface area contributed by atoms with E-state index in [-0.39, 0.29) is 0 Å². The first-order valence-corrected chi connectivity index (χ1v) is 7.48. The van der Waals surface area contributed by atoms with E-state index in [2.05, 4.69) is 75.3 Å². The maximum Gasteiger partial charge on any atom is 0.137 e. The smallest absolute Gasteiger partial charge is 0.137 e. The molecule has 1 N–H and O–H groups in total. The lowest BCUT2D eigenvalue weighted by Gasteiger charge is -2.24. The first-order valence-electron chi connectivity index (χ1n) is 7.48.